The number of amides is 1. The van der Waals surface area contributed by atoms with Crippen LogP contribution >= 0.6 is 0 Å². The molecule has 0 aliphatic heterocycles. The van der Waals surface area contributed by atoms with Crippen molar-refractivity contribution >= 4 is 11.9 Å². The van der Waals surface area contributed by atoms with Gasteiger partial charge in [-0.3, -0.25) is 4.79 Å². The Morgan fingerprint density at radius 3 is 2.00 bits per heavy atom. The number of ether oxygens (including phenoxy) is 2. The molecular formula is C20H37NO6. The average molecular weight is 388 g/mol. The number of nitrogens with zero attached hydrogens (tertiary/aromatic N) is 1. The Kier molecular flexibility index (Phi) is 18.3. The minimum atomic E-state index is -1.13. The number of carboxylic acids is 1. The van der Waals surface area contributed by atoms with E-state index in [1.807, 2.05) is 0 Å². The first-order chi connectivity index (χ1) is 13.1. The van der Waals surface area contributed by atoms with Gasteiger partial charge in [-0.05, 0) is 6.42 Å². The van der Waals surface area contributed by atoms with E-state index in [-0.39, 0.29) is 19.1 Å². The van der Waals surface area contributed by atoms with Gasteiger partial charge in [-0.25, -0.2) is 4.79 Å². The van der Waals surface area contributed by atoms with E-state index in [0.717, 1.165) is 31.4 Å². The van der Waals surface area contributed by atoms with Gasteiger partial charge in [-0.15, -0.1) is 0 Å². The zero-order chi connectivity index (χ0) is 20.2. The van der Waals surface area contributed by atoms with E-state index in [1.54, 1.807) is 4.90 Å². The van der Waals surface area contributed by atoms with Gasteiger partial charge in [0.2, 0.25) is 5.91 Å². The van der Waals surface area contributed by atoms with Crippen LogP contribution in [0, 0.1) is 0 Å². The highest BCUT2D eigenvalue weighted by Crippen LogP contribution is 2.09. The highest BCUT2D eigenvalue weighted by Gasteiger charge is 2.10. The summed E-state index contributed by atoms with van der Waals surface area (Å²) in [5, 5.41) is 17.3. The molecule has 0 fully saturated rings. The van der Waals surface area contributed by atoms with Gasteiger partial charge in [0, 0.05) is 25.2 Å². The average Bonchev–Trinajstić information content (AvgIpc) is 2.65. The first-order valence-electron chi connectivity index (χ1n) is 10.1. The largest absolute Gasteiger partial charge is 0.478 e. The molecule has 0 aromatic carbocycles. The summed E-state index contributed by atoms with van der Waals surface area (Å²) in [6.45, 7) is 4.64. The van der Waals surface area contributed by atoms with Crippen molar-refractivity contribution < 1.29 is 29.3 Å². The molecule has 7 heteroatoms. The fourth-order valence-electron chi connectivity index (χ4n) is 2.58. The Labute approximate surface area is 163 Å². The molecule has 7 nitrogen and oxygen atoms in total. The zero-order valence-corrected chi connectivity index (χ0v) is 16.7. The summed E-state index contributed by atoms with van der Waals surface area (Å²) in [6, 6.07) is 0. The van der Waals surface area contributed by atoms with Gasteiger partial charge in [0.25, 0.3) is 0 Å². The molecule has 27 heavy (non-hydrogen) atoms. The van der Waals surface area contributed by atoms with Crippen LogP contribution in [0.1, 0.15) is 58.3 Å². The molecule has 0 radical (unpaired) electrons. The Morgan fingerprint density at radius 1 is 0.815 bits per heavy atom. The number of aliphatic hydroxyl groups is 1. The van der Waals surface area contributed by atoms with E-state index in [0.29, 0.717) is 32.9 Å². The van der Waals surface area contributed by atoms with Gasteiger partial charge in [0.05, 0.1) is 33.0 Å². The quantitative estimate of drug-likeness (QED) is 0.261. The number of hydrogen-bond donors (Lipinski definition) is 2. The van der Waals surface area contributed by atoms with Crippen LogP contribution in [-0.4, -0.2) is 73.1 Å². The van der Waals surface area contributed by atoms with Crippen molar-refractivity contribution in [3.8, 4) is 0 Å². The fourth-order valence-corrected chi connectivity index (χ4v) is 2.58. The summed E-state index contributed by atoms with van der Waals surface area (Å²) in [4.78, 5) is 24.4. The van der Waals surface area contributed by atoms with Crippen LogP contribution in [0.3, 0.4) is 0 Å². The van der Waals surface area contributed by atoms with Crippen molar-refractivity contribution in [2.45, 2.75) is 58.3 Å². The predicted molar refractivity (Wildman–Crippen MR) is 105 cm³/mol. The topological polar surface area (TPSA) is 96.3 Å². The van der Waals surface area contributed by atoms with E-state index in [1.165, 1.54) is 32.1 Å². The van der Waals surface area contributed by atoms with Crippen LogP contribution in [0.25, 0.3) is 0 Å². The lowest BCUT2D eigenvalue weighted by molar-refractivity contribution is -0.132. The highest BCUT2D eigenvalue weighted by molar-refractivity contribution is 5.93. The fraction of sp³-hybridized carbons (Fsp3) is 0.800. The van der Waals surface area contributed by atoms with Crippen LogP contribution in [0.15, 0.2) is 12.2 Å². The molecule has 158 valence electrons. The molecular weight excluding hydrogens is 350 g/mol. The summed E-state index contributed by atoms with van der Waals surface area (Å²) in [6.07, 6.45) is 11.4. The van der Waals surface area contributed by atoms with Crippen LogP contribution in [-0.2, 0) is 19.1 Å². The first-order valence-corrected chi connectivity index (χ1v) is 10.1. The van der Waals surface area contributed by atoms with Crippen LogP contribution in [0.2, 0.25) is 0 Å². The van der Waals surface area contributed by atoms with Gasteiger partial charge in [0.1, 0.15) is 0 Å². The summed E-state index contributed by atoms with van der Waals surface area (Å²) in [5.41, 5.74) is 0. The molecule has 0 unspecified atom stereocenters. The van der Waals surface area contributed by atoms with E-state index >= 15 is 0 Å². The number of aliphatic carboxylic acids is 1. The summed E-state index contributed by atoms with van der Waals surface area (Å²) < 4.78 is 10.5. The third-order valence-electron chi connectivity index (χ3n) is 4.07. The molecule has 0 atom stereocenters. The number of carbonyl (C=O) groups excluding carboxylic acids is 1. The minimum absolute atomic E-state index is 0.0171. The van der Waals surface area contributed by atoms with Gasteiger partial charge in [-0.1, -0.05) is 51.9 Å². The number of rotatable bonds is 19. The number of aliphatic hydroxyl groups excluding tert-OH is 1. The van der Waals surface area contributed by atoms with E-state index < -0.39 is 5.97 Å². The summed E-state index contributed by atoms with van der Waals surface area (Å²) >= 11 is 0. The molecule has 0 heterocycles. The molecule has 0 saturated carbocycles. The smallest absolute Gasteiger partial charge is 0.328 e. The molecule has 0 spiro atoms. The van der Waals surface area contributed by atoms with E-state index in [9.17, 15) is 9.59 Å². The highest BCUT2D eigenvalue weighted by atomic mass is 16.5. The number of carbonyl (C=O) groups is 2. The second-order valence-electron chi connectivity index (χ2n) is 6.42. The lowest BCUT2D eigenvalue weighted by Crippen LogP contribution is -2.34. The van der Waals surface area contributed by atoms with Crippen molar-refractivity contribution in [2.24, 2.45) is 0 Å². The third kappa shape index (κ3) is 17.7. The Bertz CT molecular complexity index is 400. The lowest BCUT2D eigenvalue weighted by Gasteiger charge is -2.21. The maximum atomic E-state index is 12.2. The second kappa shape index (κ2) is 19.3. The monoisotopic (exact) mass is 387 g/mol. The second-order valence-corrected chi connectivity index (χ2v) is 6.42. The standard InChI is InChI=1S/C20H37NO6/c1-2-3-4-5-6-7-8-9-12-21(19(23)10-11-20(24)25)13-15-26-17-18-27-16-14-22/h10-11,22H,2-9,12-18H2,1H3,(H,24,25)/b11-10-. The van der Waals surface area contributed by atoms with Gasteiger partial charge >= 0.3 is 5.97 Å². The molecule has 0 aliphatic rings. The SMILES string of the molecule is CCCCCCCCCCN(CCOCCOCCO)C(=O)/C=C\C(=O)O. The molecule has 1 amide bonds. The molecule has 0 saturated heterocycles. The molecule has 0 aromatic heterocycles. The number of carboxylic acid groups (broad SMARTS) is 1. The van der Waals surface area contributed by atoms with Crippen LogP contribution in [0.5, 0.6) is 0 Å². The van der Waals surface area contributed by atoms with Gasteiger partial charge in [-0.2, -0.15) is 0 Å². The van der Waals surface area contributed by atoms with Crippen molar-refractivity contribution in [1.82, 2.24) is 4.90 Å². The van der Waals surface area contributed by atoms with Crippen molar-refractivity contribution in [1.29, 1.82) is 0 Å². The third-order valence-corrected chi connectivity index (χ3v) is 4.07. The molecule has 0 rings (SSSR count). The number of hydrogen-bond acceptors (Lipinski definition) is 5. The van der Waals surface area contributed by atoms with Gasteiger partial charge < -0.3 is 24.6 Å². The molecule has 0 aromatic rings. The Balaban J connectivity index is 4.06. The molecule has 0 aliphatic carbocycles. The van der Waals surface area contributed by atoms with E-state index in [2.05, 4.69) is 6.92 Å². The van der Waals surface area contributed by atoms with Crippen molar-refractivity contribution in [3.05, 3.63) is 12.2 Å². The molecule has 2 N–H and O–H groups in total. The normalized spacial score (nSPS) is 11.2. The number of unbranched alkanes of at least 4 members (excludes halogenated alkanes) is 7. The maximum Gasteiger partial charge on any atom is 0.328 e. The summed E-state index contributed by atoms with van der Waals surface area (Å²) in [5.74, 6) is -1.44. The minimum Gasteiger partial charge on any atom is -0.478 e. The van der Waals surface area contributed by atoms with E-state index in [4.69, 9.17) is 19.7 Å². The van der Waals surface area contributed by atoms with Crippen molar-refractivity contribution in [2.75, 3.05) is 46.1 Å². The summed E-state index contributed by atoms with van der Waals surface area (Å²) in [7, 11) is 0. The van der Waals surface area contributed by atoms with Gasteiger partial charge in [0.15, 0.2) is 0 Å². The lowest BCUT2D eigenvalue weighted by atomic mass is 10.1. The predicted octanol–water partition coefficient (Wildman–Crippen LogP) is 2.62. The maximum absolute atomic E-state index is 12.2. The Hall–Kier alpha value is -1.44. The zero-order valence-electron chi connectivity index (χ0n) is 16.7. The molecule has 0 bridgehead atoms. The Morgan fingerprint density at radius 2 is 1.41 bits per heavy atom. The van der Waals surface area contributed by atoms with Crippen LogP contribution < -0.4 is 0 Å². The first kappa shape index (κ1) is 25.6. The van der Waals surface area contributed by atoms with Crippen LogP contribution in [0.4, 0.5) is 0 Å². The van der Waals surface area contributed by atoms with Crippen molar-refractivity contribution in [3.63, 3.8) is 0 Å².